The number of amides is 1. The maximum Gasteiger partial charge on any atom is 0.416 e. The molecule has 0 unspecified atom stereocenters. The molecule has 0 bridgehead atoms. The molecule has 3 aromatic rings. The Bertz CT molecular complexity index is 1340. The number of H-pyrrole nitrogens is 1. The maximum atomic E-state index is 13.6. The van der Waals surface area contributed by atoms with Crippen molar-refractivity contribution in [3.63, 3.8) is 0 Å². The van der Waals surface area contributed by atoms with Crippen molar-refractivity contribution in [2.24, 2.45) is 0 Å². The molecular weight excluding hydrogens is 476 g/mol. The summed E-state index contributed by atoms with van der Waals surface area (Å²) in [6.07, 6.45) is -3.17. The van der Waals surface area contributed by atoms with E-state index in [2.05, 4.69) is 15.5 Å². The number of hydrogen-bond donors (Lipinski definition) is 2. The van der Waals surface area contributed by atoms with Crippen LogP contribution in [-0.2, 0) is 35.7 Å². The summed E-state index contributed by atoms with van der Waals surface area (Å²) in [4.78, 5) is 12.3. The Labute approximate surface area is 192 Å². The number of carbonyl (C=O) groups excluding carboxylic acids is 1. The van der Waals surface area contributed by atoms with Crippen LogP contribution in [0.5, 0.6) is 0 Å². The molecule has 0 saturated heterocycles. The van der Waals surface area contributed by atoms with Gasteiger partial charge in [0.25, 0.3) is 5.91 Å². The second kappa shape index (κ2) is 8.84. The fraction of sp³-hybridized carbons (Fsp3) is 0.273. The van der Waals surface area contributed by atoms with Crippen LogP contribution in [0.2, 0.25) is 0 Å². The minimum atomic E-state index is -4.66. The molecule has 1 aliphatic rings. The number of hydrogen-bond acceptors (Lipinski definition) is 4. The molecule has 1 aliphatic heterocycles. The number of halogens is 4. The first-order chi connectivity index (χ1) is 15.9. The Morgan fingerprint density at radius 3 is 2.53 bits per heavy atom. The van der Waals surface area contributed by atoms with Crippen molar-refractivity contribution in [2.45, 2.75) is 25.7 Å². The molecule has 0 spiro atoms. The highest BCUT2D eigenvalue weighted by Crippen LogP contribution is 2.36. The third-order valence-electron chi connectivity index (χ3n) is 5.60. The quantitative estimate of drug-likeness (QED) is 0.529. The molecule has 0 aliphatic carbocycles. The van der Waals surface area contributed by atoms with Crippen LogP contribution in [0.25, 0.3) is 11.3 Å². The van der Waals surface area contributed by atoms with Crippen LogP contribution in [0.15, 0.2) is 42.5 Å². The van der Waals surface area contributed by atoms with Gasteiger partial charge in [0.2, 0.25) is 10.0 Å². The van der Waals surface area contributed by atoms with Crippen molar-refractivity contribution >= 4 is 15.9 Å². The number of aromatic nitrogens is 2. The molecule has 1 aromatic heterocycles. The normalized spacial score (nSPS) is 14.6. The van der Waals surface area contributed by atoms with Gasteiger partial charge in [0.05, 0.1) is 17.5 Å². The summed E-state index contributed by atoms with van der Waals surface area (Å²) < 4.78 is 79.2. The molecule has 0 saturated carbocycles. The fourth-order valence-electron chi connectivity index (χ4n) is 3.83. The molecule has 1 amide bonds. The molecule has 34 heavy (non-hydrogen) atoms. The van der Waals surface area contributed by atoms with Crippen LogP contribution in [0.3, 0.4) is 0 Å². The minimum absolute atomic E-state index is 0.0532. The van der Waals surface area contributed by atoms with Crippen LogP contribution in [0, 0.1) is 5.82 Å². The fourth-order valence-corrected chi connectivity index (χ4v) is 4.62. The molecule has 2 N–H and O–H groups in total. The topological polar surface area (TPSA) is 95.2 Å². The number of carbonyl (C=O) groups is 1. The number of nitrogens with zero attached hydrogens (tertiary/aromatic N) is 2. The van der Waals surface area contributed by atoms with Crippen molar-refractivity contribution in [1.29, 1.82) is 0 Å². The van der Waals surface area contributed by atoms with E-state index in [1.807, 2.05) is 0 Å². The number of rotatable bonds is 5. The molecule has 2 heterocycles. The van der Waals surface area contributed by atoms with Crippen LogP contribution in [-0.4, -0.2) is 41.6 Å². The van der Waals surface area contributed by atoms with Gasteiger partial charge in [0, 0.05) is 48.4 Å². The largest absolute Gasteiger partial charge is 0.416 e. The van der Waals surface area contributed by atoms with E-state index < -0.39 is 40.0 Å². The van der Waals surface area contributed by atoms with Gasteiger partial charge in [0.1, 0.15) is 5.82 Å². The monoisotopic (exact) mass is 496 g/mol. The molecule has 0 atom stereocenters. The number of alkyl halides is 3. The van der Waals surface area contributed by atoms with Gasteiger partial charge in [-0.25, -0.2) is 12.8 Å². The van der Waals surface area contributed by atoms with Crippen molar-refractivity contribution in [3.8, 4) is 11.3 Å². The molecule has 0 fully saturated rings. The third kappa shape index (κ3) is 4.97. The van der Waals surface area contributed by atoms with Gasteiger partial charge in [-0.3, -0.25) is 9.89 Å². The zero-order chi connectivity index (χ0) is 24.7. The predicted octanol–water partition coefficient (Wildman–Crippen LogP) is 3.48. The predicted molar refractivity (Wildman–Crippen MR) is 116 cm³/mol. The second-order valence-electron chi connectivity index (χ2n) is 7.94. The van der Waals surface area contributed by atoms with E-state index in [4.69, 9.17) is 0 Å². The molecule has 4 rings (SSSR count). The highest BCUT2D eigenvalue weighted by molar-refractivity contribution is 7.88. The van der Waals surface area contributed by atoms with Gasteiger partial charge >= 0.3 is 6.18 Å². The Morgan fingerprint density at radius 2 is 1.88 bits per heavy atom. The smallest absolute Gasteiger partial charge is 0.348 e. The lowest BCUT2D eigenvalue weighted by atomic mass is 9.97. The zero-order valence-electron chi connectivity index (χ0n) is 17.9. The molecular formula is C22H20F4N4O3S. The van der Waals surface area contributed by atoms with Crippen molar-refractivity contribution < 1.29 is 30.8 Å². The lowest BCUT2D eigenvalue weighted by molar-refractivity contribution is -0.138. The number of fused-ring (bicyclic) bond motifs is 1. The van der Waals surface area contributed by atoms with Crippen LogP contribution in [0.4, 0.5) is 17.6 Å². The Balaban J connectivity index is 1.65. The summed E-state index contributed by atoms with van der Waals surface area (Å²) in [5.74, 6) is -1.19. The maximum absolute atomic E-state index is 13.6. The highest BCUT2D eigenvalue weighted by atomic mass is 32.2. The van der Waals surface area contributed by atoms with E-state index in [0.29, 0.717) is 23.2 Å². The average Bonchev–Trinajstić information content (AvgIpc) is 3.20. The van der Waals surface area contributed by atoms with Crippen LogP contribution in [0.1, 0.15) is 32.7 Å². The molecule has 7 nitrogen and oxygen atoms in total. The lowest BCUT2D eigenvalue weighted by Gasteiger charge is -2.24. The van der Waals surface area contributed by atoms with Gasteiger partial charge in [-0.15, -0.1) is 0 Å². The molecule has 0 radical (unpaired) electrons. The number of sulfonamides is 1. The summed E-state index contributed by atoms with van der Waals surface area (Å²) in [6.45, 7) is -0.0974. The highest BCUT2D eigenvalue weighted by Gasteiger charge is 2.34. The van der Waals surface area contributed by atoms with Gasteiger partial charge in [-0.2, -0.15) is 22.6 Å². The lowest BCUT2D eigenvalue weighted by Crippen LogP contribution is -2.35. The van der Waals surface area contributed by atoms with E-state index >= 15 is 0 Å². The molecule has 12 heteroatoms. The van der Waals surface area contributed by atoms with E-state index in [-0.39, 0.29) is 24.2 Å². The summed E-state index contributed by atoms with van der Waals surface area (Å²) in [6, 6.07) is 8.08. The summed E-state index contributed by atoms with van der Waals surface area (Å²) >= 11 is 0. The average molecular weight is 496 g/mol. The number of aromatic amines is 1. The van der Waals surface area contributed by atoms with E-state index in [0.717, 1.165) is 30.1 Å². The van der Waals surface area contributed by atoms with Crippen molar-refractivity contribution in [2.75, 3.05) is 12.8 Å². The Hall–Kier alpha value is -3.25. The first kappa shape index (κ1) is 23.9. The first-order valence-electron chi connectivity index (χ1n) is 10.2. The molecule has 2 aromatic carbocycles. The second-order valence-corrected chi connectivity index (χ2v) is 9.92. The summed E-state index contributed by atoms with van der Waals surface area (Å²) in [5, 5.41) is 9.49. The van der Waals surface area contributed by atoms with Gasteiger partial charge in [0.15, 0.2) is 0 Å². The van der Waals surface area contributed by atoms with Gasteiger partial charge in [-0.05, 0) is 42.0 Å². The summed E-state index contributed by atoms with van der Waals surface area (Å²) in [7, 11) is -3.45. The van der Waals surface area contributed by atoms with Gasteiger partial charge < -0.3 is 5.32 Å². The minimum Gasteiger partial charge on any atom is -0.348 e. The van der Waals surface area contributed by atoms with Crippen LogP contribution < -0.4 is 5.32 Å². The Kier molecular flexibility index (Phi) is 6.21. The third-order valence-corrected chi connectivity index (χ3v) is 6.85. The first-order valence-corrected chi connectivity index (χ1v) is 12.0. The van der Waals surface area contributed by atoms with E-state index in [1.165, 1.54) is 28.6 Å². The molecule has 180 valence electrons. The van der Waals surface area contributed by atoms with Crippen molar-refractivity contribution in [1.82, 2.24) is 19.8 Å². The van der Waals surface area contributed by atoms with E-state index in [9.17, 15) is 30.8 Å². The SMILES string of the molecule is CS(=O)(=O)N1CCc2[nH]nc(-c3ccc(C(F)(F)F)c(CNC(=O)c4ccc(F)cc4)c3)c2C1. The van der Waals surface area contributed by atoms with Crippen LogP contribution >= 0.6 is 0 Å². The van der Waals surface area contributed by atoms with E-state index in [1.54, 1.807) is 0 Å². The summed E-state index contributed by atoms with van der Waals surface area (Å²) in [5.41, 5.74) is 1.02. The zero-order valence-corrected chi connectivity index (χ0v) is 18.7. The van der Waals surface area contributed by atoms with Crippen molar-refractivity contribution in [3.05, 3.63) is 76.2 Å². The van der Waals surface area contributed by atoms with Gasteiger partial charge in [-0.1, -0.05) is 6.07 Å². The number of benzene rings is 2. The number of nitrogens with one attached hydrogen (secondary N) is 2. The standard InChI is InChI=1S/C22H20F4N4O3S/c1-34(32,33)30-9-8-19-17(12-30)20(29-28-19)14-4-7-18(22(24,25)26)15(10-14)11-27-21(31)13-2-5-16(23)6-3-13/h2-7,10H,8-9,11-12H2,1H3,(H,27,31)(H,28,29). The Morgan fingerprint density at radius 1 is 1.18 bits per heavy atom.